The average molecular weight is 242 g/mol. The Morgan fingerprint density at radius 1 is 1.12 bits per heavy atom. The van der Waals surface area contributed by atoms with Crippen LogP contribution in [0.1, 0.15) is 46.0 Å². The summed E-state index contributed by atoms with van der Waals surface area (Å²) in [5.74, 6) is 0. The van der Waals surface area contributed by atoms with Crippen LogP contribution in [0.4, 0.5) is 4.79 Å². The number of hydrogen-bond donors (Lipinski definition) is 1. The number of rotatable bonds is 1. The topological polar surface area (TPSA) is 41.6 Å². The normalized spacial score (nSPS) is 21.4. The summed E-state index contributed by atoms with van der Waals surface area (Å²) in [7, 11) is 0. The third-order valence-corrected chi connectivity index (χ3v) is 3.19. The van der Waals surface area contributed by atoms with Crippen molar-refractivity contribution in [1.29, 1.82) is 0 Å². The van der Waals surface area contributed by atoms with E-state index in [9.17, 15) is 4.79 Å². The molecule has 1 saturated heterocycles. The van der Waals surface area contributed by atoms with E-state index in [0.29, 0.717) is 0 Å². The number of nitrogens with one attached hydrogen (secondary N) is 1. The predicted octanol–water partition coefficient (Wildman–Crippen LogP) is 2.39. The predicted molar refractivity (Wildman–Crippen MR) is 69.1 cm³/mol. The second-order valence-corrected chi connectivity index (χ2v) is 4.38. The van der Waals surface area contributed by atoms with Crippen molar-refractivity contribution in [3.05, 3.63) is 0 Å². The minimum absolute atomic E-state index is 0.108. The minimum Gasteiger partial charge on any atom is -0.446 e. The summed E-state index contributed by atoms with van der Waals surface area (Å²) in [6.45, 7) is 7.34. The highest BCUT2D eigenvalue weighted by atomic mass is 16.6. The standard InChI is InChI=1S/C11H20N2O2.C2H6/c14-11(13-8-6-12-7-9-13)15-10-4-2-1-3-5-10;1-2/h10,12H,1-9H2;1-2H3. The summed E-state index contributed by atoms with van der Waals surface area (Å²) < 4.78 is 5.49. The SMILES string of the molecule is CC.O=C(OC1CCCCC1)N1CCNCC1. The highest BCUT2D eigenvalue weighted by Crippen LogP contribution is 2.20. The molecule has 2 aliphatic rings. The zero-order valence-corrected chi connectivity index (χ0v) is 11.2. The van der Waals surface area contributed by atoms with Crippen LogP contribution in [0.15, 0.2) is 0 Å². The van der Waals surface area contributed by atoms with Gasteiger partial charge in [-0.3, -0.25) is 0 Å². The van der Waals surface area contributed by atoms with Gasteiger partial charge in [0, 0.05) is 26.2 Å². The van der Waals surface area contributed by atoms with Gasteiger partial charge in [-0.05, 0) is 25.7 Å². The van der Waals surface area contributed by atoms with Crippen LogP contribution in [0.2, 0.25) is 0 Å². The van der Waals surface area contributed by atoms with E-state index in [0.717, 1.165) is 39.0 Å². The van der Waals surface area contributed by atoms with Crippen molar-refractivity contribution in [2.75, 3.05) is 26.2 Å². The summed E-state index contributed by atoms with van der Waals surface area (Å²) >= 11 is 0. The molecule has 1 aliphatic heterocycles. The molecule has 100 valence electrons. The summed E-state index contributed by atoms with van der Waals surface area (Å²) in [6, 6.07) is 0. The molecule has 1 amide bonds. The van der Waals surface area contributed by atoms with Crippen LogP contribution >= 0.6 is 0 Å². The van der Waals surface area contributed by atoms with E-state index in [4.69, 9.17) is 4.74 Å². The van der Waals surface area contributed by atoms with Crippen LogP contribution in [0.5, 0.6) is 0 Å². The first-order valence-electron chi connectivity index (χ1n) is 7.02. The molecule has 0 aromatic carbocycles. The Hall–Kier alpha value is -0.770. The van der Waals surface area contributed by atoms with Crippen LogP contribution in [0, 0.1) is 0 Å². The Kier molecular flexibility index (Phi) is 7.01. The quantitative estimate of drug-likeness (QED) is 0.767. The van der Waals surface area contributed by atoms with E-state index in [1.54, 1.807) is 0 Å². The maximum Gasteiger partial charge on any atom is 0.410 e. The zero-order chi connectivity index (χ0) is 12.5. The molecule has 0 atom stereocenters. The Morgan fingerprint density at radius 3 is 2.29 bits per heavy atom. The number of piperazine rings is 1. The molecule has 0 spiro atoms. The molecule has 17 heavy (non-hydrogen) atoms. The molecular weight excluding hydrogens is 216 g/mol. The van der Waals surface area contributed by atoms with Crippen molar-refractivity contribution >= 4 is 6.09 Å². The highest BCUT2D eigenvalue weighted by molar-refractivity contribution is 5.68. The largest absolute Gasteiger partial charge is 0.446 e. The van der Waals surface area contributed by atoms with E-state index in [-0.39, 0.29) is 12.2 Å². The van der Waals surface area contributed by atoms with Crippen LogP contribution in [0.25, 0.3) is 0 Å². The Morgan fingerprint density at radius 2 is 1.71 bits per heavy atom. The molecule has 4 heteroatoms. The summed E-state index contributed by atoms with van der Waals surface area (Å²) in [4.78, 5) is 13.6. The number of ether oxygens (including phenoxy) is 1. The molecule has 2 rings (SSSR count). The lowest BCUT2D eigenvalue weighted by Crippen LogP contribution is -2.47. The van der Waals surface area contributed by atoms with Gasteiger partial charge in [-0.1, -0.05) is 20.3 Å². The lowest BCUT2D eigenvalue weighted by atomic mass is 9.98. The number of nitrogens with zero attached hydrogens (tertiary/aromatic N) is 1. The third-order valence-electron chi connectivity index (χ3n) is 3.19. The molecule has 0 unspecified atom stereocenters. The van der Waals surface area contributed by atoms with Crippen molar-refractivity contribution in [2.24, 2.45) is 0 Å². The van der Waals surface area contributed by atoms with Crippen molar-refractivity contribution < 1.29 is 9.53 Å². The molecule has 0 radical (unpaired) electrons. The van der Waals surface area contributed by atoms with Gasteiger partial charge in [0.05, 0.1) is 0 Å². The van der Waals surface area contributed by atoms with Gasteiger partial charge in [-0.2, -0.15) is 0 Å². The van der Waals surface area contributed by atoms with Crippen LogP contribution in [-0.2, 0) is 4.74 Å². The molecule has 0 aromatic rings. The molecule has 1 aliphatic carbocycles. The monoisotopic (exact) mass is 242 g/mol. The van der Waals surface area contributed by atoms with Crippen LogP contribution < -0.4 is 5.32 Å². The fourth-order valence-corrected chi connectivity index (χ4v) is 2.25. The Labute approximate surface area is 105 Å². The summed E-state index contributed by atoms with van der Waals surface area (Å²) in [5, 5.41) is 3.22. The van der Waals surface area contributed by atoms with Gasteiger partial charge in [-0.25, -0.2) is 4.79 Å². The molecule has 2 fully saturated rings. The van der Waals surface area contributed by atoms with E-state index in [1.807, 2.05) is 18.7 Å². The highest BCUT2D eigenvalue weighted by Gasteiger charge is 2.22. The number of carbonyl (C=O) groups excluding carboxylic acids is 1. The maximum atomic E-state index is 11.7. The minimum atomic E-state index is -0.108. The molecule has 1 N–H and O–H groups in total. The Balaban J connectivity index is 0.000000686. The Bertz CT molecular complexity index is 209. The van der Waals surface area contributed by atoms with Crippen molar-refractivity contribution in [1.82, 2.24) is 10.2 Å². The van der Waals surface area contributed by atoms with E-state index in [1.165, 1.54) is 19.3 Å². The molecule has 0 aromatic heterocycles. The fraction of sp³-hybridized carbons (Fsp3) is 0.923. The summed E-state index contributed by atoms with van der Waals surface area (Å²) in [5.41, 5.74) is 0. The van der Waals surface area contributed by atoms with Gasteiger partial charge < -0.3 is 15.0 Å². The van der Waals surface area contributed by atoms with Crippen LogP contribution in [-0.4, -0.2) is 43.3 Å². The average Bonchev–Trinajstić information content (AvgIpc) is 2.43. The number of carbonyl (C=O) groups is 1. The second-order valence-electron chi connectivity index (χ2n) is 4.38. The lowest BCUT2D eigenvalue weighted by molar-refractivity contribution is 0.0433. The van der Waals surface area contributed by atoms with Crippen LogP contribution in [0.3, 0.4) is 0 Å². The molecule has 1 heterocycles. The summed E-state index contributed by atoms with van der Waals surface area (Å²) in [6.07, 6.45) is 5.89. The van der Waals surface area contributed by atoms with Crippen molar-refractivity contribution in [2.45, 2.75) is 52.1 Å². The second kappa shape index (κ2) is 8.34. The first-order chi connectivity index (χ1) is 8.36. The molecule has 0 bridgehead atoms. The molecular formula is C13H26N2O2. The fourth-order valence-electron chi connectivity index (χ4n) is 2.25. The third kappa shape index (κ3) is 4.94. The number of amides is 1. The molecule has 1 saturated carbocycles. The van der Waals surface area contributed by atoms with E-state index in [2.05, 4.69) is 5.32 Å². The number of hydrogen-bond acceptors (Lipinski definition) is 3. The van der Waals surface area contributed by atoms with Crippen molar-refractivity contribution in [3.8, 4) is 0 Å². The zero-order valence-electron chi connectivity index (χ0n) is 11.2. The van der Waals surface area contributed by atoms with Gasteiger partial charge >= 0.3 is 6.09 Å². The van der Waals surface area contributed by atoms with Gasteiger partial charge in [0.1, 0.15) is 6.10 Å². The van der Waals surface area contributed by atoms with Gasteiger partial charge in [-0.15, -0.1) is 0 Å². The smallest absolute Gasteiger partial charge is 0.410 e. The van der Waals surface area contributed by atoms with Crippen molar-refractivity contribution in [3.63, 3.8) is 0 Å². The van der Waals surface area contributed by atoms with Gasteiger partial charge in [0.25, 0.3) is 0 Å². The maximum absolute atomic E-state index is 11.7. The molecule has 4 nitrogen and oxygen atoms in total. The van der Waals surface area contributed by atoms with E-state index >= 15 is 0 Å². The van der Waals surface area contributed by atoms with Gasteiger partial charge in [0.15, 0.2) is 0 Å². The first-order valence-corrected chi connectivity index (χ1v) is 7.02. The van der Waals surface area contributed by atoms with E-state index < -0.39 is 0 Å². The first kappa shape index (κ1) is 14.3. The van der Waals surface area contributed by atoms with Gasteiger partial charge in [0.2, 0.25) is 0 Å². The lowest BCUT2D eigenvalue weighted by Gasteiger charge is -2.29.